The first-order chi connectivity index (χ1) is 16.9. The molecule has 0 bridgehead atoms. The Balaban J connectivity index is 1.90. The van der Waals surface area contributed by atoms with Crippen LogP contribution >= 0.6 is 11.6 Å². The van der Waals surface area contributed by atoms with Crippen molar-refractivity contribution in [1.29, 1.82) is 0 Å². The van der Waals surface area contributed by atoms with Gasteiger partial charge in [0.2, 0.25) is 0 Å². The zero-order valence-corrected chi connectivity index (χ0v) is 20.7. The van der Waals surface area contributed by atoms with Crippen LogP contribution in [0.15, 0.2) is 42.0 Å². The summed E-state index contributed by atoms with van der Waals surface area (Å²) in [6.07, 6.45) is 4.57. The first kappa shape index (κ1) is 24.9. The molecule has 0 aromatic heterocycles. The number of carbonyl (C=O) groups excluding carboxylic acids is 2. The van der Waals surface area contributed by atoms with Crippen molar-refractivity contribution >= 4 is 29.1 Å². The van der Waals surface area contributed by atoms with Crippen LogP contribution in [0.2, 0.25) is 5.02 Å². The van der Waals surface area contributed by atoms with Gasteiger partial charge < -0.3 is 24.6 Å². The molecule has 2 fully saturated rings. The van der Waals surface area contributed by atoms with E-state index in [-0.39, 0.29) is 28.1 Å². The lowest BCUT2D eigenvalue weighted by Crippen LogP contribution is -2.40. The molecule has 4 rings (SSSR count). The standard InChI is InChI=1S/C27H30ClNO6/c1-3-34-18-11-12-19(22(15-18)35-4-2)25(31)23-24(16-10-13-21(30)20(28)14-16)29(27(33)26(23)32)17-8-6-5-7-9-17/h10-15,17,24,30-31H,3-9H2,1-2H3/b25-23-. The van der Waals surface area contributed by atoms with E-state index >= 15 is 0 Å². The van der Waals surface area contributed by atoms with Crippen LogP contribution in [0.3, 0.4) is 0 Å². The van der Waals surface area contributed by atoms with E-state index in [9.17, 15) is 19.8 Å². The van der Waals surface area contributed by atoms with E-state index in [2.05, 4.69) is 0 Å². The summed E-state index contributed by atoms with van der Waals surface area (Å²) in [7, 11) is 0. The van der Waals surface area contributed by atoms with E-state index in [0.717, 1.165) is 32.1 Å². The highest BCUT2D eigenvalue weighted by Gasteiger charge is 2.49. The van der Waals surface area contributed by atoms with Crippen LogP contribution in [0, 0.1) is 0 Å². The van der Waals surface area contributed by atoms with Crippen molar-refractivity contribution in [3.63, 3.8) is 0 Å². The Morgan fingerprint density at radius 3 is 2.40 bits per heavy atom. The maximum absolute atomic E-state index is 13.4. The largest absolute Gasteiger partial charge is 0.507 e. The van der Waals surface area contributed by atoms with Crippen LogP contribution in [0.1, 0.15) is 63.1 Å². The number of halogens is 1. The van der Waals surface area contributed by atoms with Crippen LogP contribution in [0.25, 0.3) is 5.76 Å². The number of ketones is 1. The number of hydrogen-bond donors (Lipinski definition) is 2. The van der Waals surface area contributed by atoms with Gasteiger partial charge in [0.15, 0.2) is 0 Å². The Labute approximate surface area is 209 Å². The second-order valence-corrected chi connectivity index (χ2v) is 9.14. The van der Waals surface area contributed by atoms with Gasteiger partial charge in [-0.2, -0.15) is 0 Å². The molecule has 1 amide bonds. The lowest BCUT2D eigenvalue weighted by Gasteiger charge is -2.35. The van der Waals surface area contributed by atoms with E-state index < -0.39 is 17.7 Å². The monoisotopic (exact) mass is 499 g/mol. The fourth-order valence-electron chi connectivity index (χ4n) is 4.98. The highest BCUT2D eigenvalue weighted by molar-refractivity contribution is 6.46. The number of aliphatic hydroxyl groups is 1. The molecule has 1 atom stereocenters. The molecule has 1 heterocycles. The molecule has 1 saturated carbocycles. The van der Waals surface area contributed by atoms with Gasteiger partial charge in [0.05, 0.1) is 35.4 Å². The number of likely N-dealkylation sites (tertiary alicyclic amines) is 1. The van der Waals surface area contributed by atoms with Gasteiger partial charge in [-0.25, -0.2) is 0 Å². The lowest BCUT2D eigenvalue weighted by atomic mass is 9.91. The van der Waals surface area contributed by atoms with Gasteiger partial charge in [0.1, 0.15) is 23.0 Å². The summed E-state index contributed by atoms with van der Waals surface area (Å²) in [6.45, 7) is 4.48. The molecule has 0 radical (unpaired) electrons. The molecule has 2 aromatic carbocycles. The minimum atomic E-state index is -0.836. The molecule has 1 saturated heterocycles. The maximum atomic E-state index is 13.4. The van der Waals surface area contributed by atoms with Gasteiger partial charge in [-0.15, -0.1) is 0 Å². The summed E-state index contributed by atoms with van der Waals surface area (Å²) >= 11 is 6.21. The van der Waals surface area contributed by atoms with E-state index in [1.165, 1.54) is 12.1 Å². The molecule has 2 aromatic rings. The van der Waals surface area contributed by atoms with Crippen LogP contribution in [0.5, 0.6) is 17.2 Å². The molecule has 1 aliphatic heterocycles. The molecule has 186 valence electrons. The summed E-state index contributed by atoms with van der Waals surface area (Å²) in [5.41, 5.74) is 0.822. The number of phenols is 1. The summed E-state index contributed by atoms with van der Waals surface area (Å²) in [5.74, 6) is -0.896. The molecule has 1 unspecified atom stereocenters. The number of benzene rings is 2. The Bertz CT molecular complexity index is 1150. The summed E-state index contributed by atoms with van der Waals surface area (Å²) in [4.78, 5) is 28.3. The van der Waals surface area contributed by atoms with Gasteiger partial charge in [0, 0.05) is 12.1 Å². The second-order valence-electron chi connectivity index (χ2n) is 8.73. The molecule has 2 aliphatic rings. The smallest absolute Gasteiger partial charge is 0.295 e. The van der Waals surface area contributed by atoms with Crippen molar-refractivity contribution in [2.45, 2.75) is 58.0 Å². The average molecular weight is 500 g/mol. The third-order valence-corrected chi connectivity index (χ3v) is 6.86. The van der Waals surface area contributed by atoms with Gasteiger partial charge in [-0.1, -0.05) is 36.9 Å². The predicted molar refractivity (Wildman–Crippen MR) is 133 cm³/mol. The van der Waals surface area contributed by atoms with E-state index in [1.807, 2.05) is 13.8 Å². The third kappa shape index (κ3) is 4.82. The highest BCUT2D eigenvalue weighted by Crippen LogP contribution is 2.45. The molecule has 2 N–H and O–H groups in total. The number of amides is 1. The first-order valence-electron chi connectivity index (χ1n) is 12.1. The SMILES string of the molecule is CCOc1ccc(/C(O)=C2/C(=O)C(=O)N(C3CCCCC3)C2c2ccc(O)c(Cl)c2)c(OCC)c1. The molecule has 0 spiro atoms. The van der Waals surface area contributed by atoms with E-state index in [0.29, 0.717) is 35.8 Å². The van der Waals surface area contributed by atoms with Crippen LogP contribution in [0.4, 0.5) is 0 Å². The van der Waals surface area contributed by atoms with Crippen molar-refractivity contribution < 1.29 is 29.3 Å². The number of hydrogen-bond acceptors (Lipinski definition) is 6. The molecular formula is C27H30ClNO6. The number of Topliss-reactive ketones (excluding diaryl/α,β-unsaturated/α-hetero) is 1. The van der Waals surface area contributed by atoms with Crippen molar-refractivity contribution in [1.82, 2.24) is 4.90 Å². The van der Waals surface area contributed by atoms with Gasteiger partial charge >= 0.3 is 0 Å². The quantitative estimate of drug-likeness (QED) is 0.292. The first-order valence-corrected chi connectivity index (χ1v) is 12.4. The molecule has 8 heteroatoms. The summed E-state index contributed by atoms with van der Waals surface area (Å²) in [6, 6.07) is 8.60. The average Bonchev–Trinajstić information content (AvgIpc) is 3.12. The minimum absolute atomic E-state index is 0.0209. The van der Waals surface area contributed by atoms with Gasteiger partial charge in [-0.05, 0) is 56.5 Å². The van der Waals surface area contributed by atoms with Crippen molar-refractivity contribution in [3.8, 4) is 17.2 Å². The normalized spacial score (nSPS) is 20.3. The number of carbonyl (C=O) groups is 2. The number of nitrogens with zero attached hydrogens (tertiary/aromatic N) is 1. The predicted octanol–water partition coefficient (Wildman–Crippen LogP) is 5.60. The van der Waals surface area contributed by atoms with E-state index in [4.69, 9.17) is 21.1 Å². The van der Waals surface area contributed by atoms with Crippen LogP contribution in [-0.4, -0.2) is 46.1 Å². The number of ether oxygens (including phenoxy) is 2. The van der Waals surface area contributed by atoms with E-state index in [1.54, 1.807) is 29.2 Å². The van der Waals surface area contributed by atoms with Gasteiger partial charge in [-0.3, -0.25) is 9.59 Å². The zero-order chi connectivity index (χ0) is 25.1. The number of phenolic OH excluding ortho intramolecular Hbond substituents is 1. The number of rotatable bonds is 7. The number of aromatic hydroxyl groups is 1. The molecule has 35 heavy (non-hydrogen) atoms. The van der Waals surface area contributed by atoms with Crippen molar-refractivity contribution in [2.24, 2.45) is 0 Å². The Morgan fingerprint density at radius 1 is 1.03 bits per heavy atom. The molecule has 7 nitrogen and oxygen atoms in total. The topological polar surface area (TPSA) is 96.3 Å². The van der Waals surface area contributed by atoms with Crippen LogP contribution < -0.4 is 9.47 Å². The molecular weight excluding hydrogens is 470 g/mol. The van der Waals surface area contributed by atoms with Crippen LogP contribution in [-0.2, 0) is 9.59 Å². The minimum Gasteiger partial charge on any atom is -0.507 e. The Hall–Kier alpha value is -3.19. The molecule has 1 aliphatic carbocycles. The number of aliphatic hydroxyl groups excluding tert-OH is 1. The maximum Gasteiger partial charge on any atom is 0.295 e. The van der Waals surface area contributed by atoms with Crippen molar-refractivity contribution in [3.05, 3.63) is 58.1 Å². The van der Waals surface area contributed by atoms with Crippen molar-refractivity contribution in [2.75, 3.05) is 13.2 Å². The zero-order valence-electron chi connectivity index (χ0n) is 19.9. The summed E-state index contributed by atoms with van der Waals surface area (Å²) < 4.78 is 11.3. The highest BCUT2D eigenvalue weighted by atomic mass is 35.5. The second kappa shape index (κ2) is 10.6. The Kier molecular flexibility index (Phi) is 7.55. The summed E-state index contributed by atoms with van der Waals surface area (Å²) in [5, 5.41) is 21.5. The lowest BCUT2D eigenvalue weighted by molar-refractivity contribution is -0.141. The fraction of sp³-hybridized carbons (Fsp3) is 0.407. The third-order valence-electron chi connectivity index (χ3n) is 6.55. The fourth-order valence-corrected chi connectivity index (χ4v) is 5.17. The Morgan fingerprint density at radius 2 is 1.74 bits per heavy atom. The van der Waals surface area contributed by atoms with Gasteiger partial charge in [0.25, 0.3) is 11.7 Å².